The van der Waals surface area contributed by atoms with E-state index in [4.69, 9.17) is 0 Å². The lowest BCUT2D eigenvalue weighted by Crippen LogP contribution is -2.54. The van der Waals surface area contributed by atoms with Gasteiger partial charge in [-0.1, -0.05) is 0 Å². The zero-order valence-corrected chi connectivity index (χ0v) is 12.4. The molecule has 2 fully saturated rings. The predicted octanol–water partition coefficient (Wildman–Crippen LogP) is 0.468. The van der Waals surface area contributed by atoms with E-state index >= 15 is 0 Å². The van der Waals surface area contributed by atoms with Crippen LogP contribution in [0.5, 0.6) is 0 Å². The van der Waals surface area contributed by atoms with Gasteiger partial charge in [0.15, 0.2) is 0 Å². The van der Waals surface area contributed by atoms with Crippen LogP contribution in [0.3, 0.4) is 0 Å². The molecule has 2 saturated heterocycles. The fourth-order valence-electron chi connectivity index (χ4n) is 3.27. The first-order valence-electron chi connectivity index (χ1n) is 7.49. The molecule has 2 aliphatic rings. The van der Waals surface area contributed by atoms with Gasteiger partial charge in [-0.25, -0.2) is 0 Å². The van der Waals surface area contributed by atoms with Gasteiger partial charge in [-0.3, -0.25) is 9.59 Å². The molecular formula is C14H25N3O3. The zero-order chi connectivity index (χ0) is 14.8. The van der Waals surface area contributed by atoms with Crippen molar-refractivity contribution in [3.05, 3.63) is 5.21 Å². The maximum atomic E-state index is 12.5. The highest BCUT2D eigenvalue weighted by Crippen LogP contribution is 2.27. The van der Waals surface area contributed by atoms with E-state index in [1.807, 2.05) is 4.90 Å². The molecule has 2 heterocycles. The molecule has 0 aromatic rings. The van der Waals surface area contributed by atoms with E-state index in [2.05, 4.69) is 5.32 Å². The van der Waals surface area contributed by atoms with Crippen LogP contribution in [0.2, 0.25) is 0 Å². The van der Waals surface area contributed by atoms with Crippen LogP contribution in [0.15, 0.2) is 0 Å². The van der Waals surface area contributed by atoms with Crippen LogP contribution in [0.25, 0.3) is 0 Å². The van der Waals surface area contributed by atoms with Crippen molar-refractivity contribution >= 4 is 11.8 Å². The van der Waals surface area contributed by atoms with Gasteiger partial charge in [0.1, 0.15) is 0 Å². The van der Waals surface area contributed by atoms with Crippen LogP contribution in [0.1, 0.15) is 32.1 Å². The second-order valence-electron chi connectivity index (χ2n) is 6.22. The molecule has 2 amide bonds. The number of likely N-dealkylation sites (tertiary alicyclic amines) is 2. The normalized spacial score (nSPS) is 35.0. The highest BCUT2D eigenvalue weighted by atomic mass is 16.5. The fraction of sp³-hybridized carbons (Fsp3) is 0.857. The fourth-order valence-corrected chi connectivity index (χ4v) is 3.27. The molecule has 0 spiro atoms. The summed E-state index contributed by atoms with van der Waals surface area (Å²) in [7, 11) is 3.30. The number of carbonyl (C=O) groups is 2. The number of amides is 2. The minimum atomic E-state index is -0.194. The topological polar surface area (TPSA) is 72.5 Å². The molecule has 1 N–H and O–H groups in total. The van der Waals surface area contributed by atoms with Crippen molar-refractivity contribution in [1.82, 2.24) is 10.2 Å². The highest BCUT2D eigenvalue weighted by molar-refractivity contribution is 5.86. The van der Waals surface area contributed by atoms with Gasteiger partial charge in [0.25, 0.3) is 0 Å². The van der Waals surface area contributed by atoms with Crippen LogP contribution >= 0.6 is 0 Å². The average Bonchev–Trinajstić information content (AvgIpc) is 2.41. The summed E-state index contributed by atoms with van der Waals surface area (Å²) in [5.74, 6) is -0.150. The molecule has 6 heteroatoms. The smallest absolute Gasteiger partial charge is 0.226 e. The molecule has 0 saturated carbocycles. The minimum absolute atomic E-state index is 0.0716. The molecule has 0 bridgehead atoms. The number of quaternary nitrogens is 1. The van der Waals surface area contributed by atoms with Crippen molar-refractivity contribution in [3.63, 3.8) is 0 Å². The summed E-state index contributed by atoms with van der Waals surface area (Å²) >= 11 is 0. The molecule has 0 radical (unpaired) electrons. The summed E-state index contributed by atoms with van der Waals surface area (Å²) in [6, 6.07) is 0.190. The Balaban J connectivity index is 1.95. The first kappa shape index (κ1) is 15.3. The molecule has 2 rings (SSSR count). The summed E-state index contributed by atoms with van der Waals surface area (Å²) in [5.41, 5.74) is 0. The lowest BCUT2D eigenvalue weighted by Gasteiger charge is -2.47. The molecule has 0 aromatic carbocycles. The molecule has 1 atom stereocenters. The SMILES string of the molecule is CNC(=O)CC1CCCN(C2CC[N+](C)([O-])CC2)C1=O. The van der Waals surface area contributed by atoms with E-state index in [1.165, 1.54) is 0 Å². The summed E-state index contributed by atoms with van der Waals surface area (Å²) < 4.78 is -0.194. The molecule has 2 aliphatic heterocycles. The van der Waals surface area contributed by atoms with Gasteiger partial charge in [0.05, 0.1) is 20.1 Å². The van der Waals surface area contributed by atoms with Crippen molar-refractivity contribution in [2.45, 2.75) is 38.1 Å². The Hall–Kier alpha value is -1.14. The van der Waals surface area contributed by atoms with E-state index in [9.17, 15) is 14.8 Å². The number of hydroxylamine groups is 3. The van der Waals surface area contributed by atoms with E-state index in [0.717, 1.165) is 32.2 Å². The summed E-state index contributed by atoms with van der Waals surface area (Å²) in [6.45, 7) is 1.93. The lowest BCUT2D eigenvalue weighted by molar-refractivity contribution is -0.866. The molecule has 1 unspecified atom stereocenters. The van der Waals surface area contributed by atoms with Gasteiger partial charge in [-0.05, 0) is 12.8 Å². The molecule has 0 aliphatic carbocycles. The second kappa shape index (κ2) is 6.10. The molecule has 0 aromatic heterocycles. The van der Waals surface area contributed by atoms with Crippen molar-refractivity contribution < 1.29 is 14.2 Å². The van der Waals surface area contributed by atoms with Crippen molar-refractivity contribution in [3.8, 4) is 0 Å². The third-order valence-electron chi connectivity index (χ3n) is 4.61. The van der Waals surface area contributed by atoms with Crippen LogP contribution in [-0.4, -0.2) is 61.1 Å². The lowest BCUT2D eigenvalue weighted by atomic mass is 9.90. The second-order valence-corrected chi connectivity index (χ2v) is 6.22. The van der Waals surface area contributed by atoms with Gasteiger partial charge >= 0.3 is 0 Å². The number of carbonyl (C=O) groups excluding carboxylic acids is 2. The van der Waals surface area contributed by atoms with Crippen molar-refractivity contribution in [2.75, 3.05) is 33.7 Å². The van der Waals surface area contributed by atoms with Crippen molar-refractivity contribution in [2.24, 2.45) is 5.92 Å². The average molecular weight is 283 g/mol. The highest BCUT2D eigenvalue weighted by Gasteiger charge is 2.36. The van der Waals surface area contributed by atoms with Crippen LogP contribution in [0.4, 0.5) is 0 Å². The molecule has 114 valence electrons. The standard InChI is InChI=1S/C14H25N3O3/c1-15-13(18)10-11-4-3-7-16(14(11)19)12-5-8-17(2,20)9-6-12/h11-12H,3-10H2,1-2H3,(H,15,18). The molecule has 6 nitrogen and oxygen atoms in total. The quantitative estimate of drug-likeness (QED) is 0.604. The number of hydrogen-bond acceptors (Lipinski definition) is 3. The van der Waals surface area contributed by atoms with Gasteiger partial charge in [-0.15, -0.1) is 0 Å². The monoisotopic (exact) mass is 283 g/mol. The van der Waals surface area contributed by atoms with E-state index in [1.54, 1.807) is 14.1 Å². The Morgan fingerprint density at radius 2 is 2.05 bits per heavy atom. The third kappa shape index (κ3) is 3.49. The summed E-state index contributed by atoms with van der Waals surface area (Å²) in [6.07, 6.45) is 3.59. The number of nitrogens with one attached hydrogen (secondary N) is 1. The number of hydrogen-bond donors (Lipinski definition) is 1. The maximum absolute atomic E-state index is 12.5. The number of rotatable bonds is 3. The third-order valence-corrected chi connectivity index (χ3v) is 4.61. The summed E-state index contributed by atoms with van der Waals surface area (Å²) in [5, 5.41) is 14.4. The van der Waals surface area contributed by atoms with Crippen LogP contribution in [-0.2, 0) is 9.59 Å². The Labute approximate surface area is 120 Å². The largest absolute Gasteiger partial charge is 0.633 e. The van der Waals surface area contributed by atoms with Gasteiger partial charge < -0.3 is 20.1 Å². The predicted molar refractivity (Wildman–Crippen MR) is 75.4 cm³/mol. The maximum Gasteiger partial charge on any atom is 0.226 e. The van der Waals surface area contributed by atoms with Gasteiger partial charge in [0.2, 0.25) is 11.8 Å². The van der Waals surface area contributed by atoms with Crippen LogP contribution < -0.4 is 5.32 Å². The Morgan fingerprint density at radius 1 is 1.40 bits per heavy atom. The van der Waals surface area contributed by atoms with Gasteiger partial charge in [0, 0.05) is 44.8 Å². The van der Waals surface area contributed by atoms with Crippen molar-refractivity contribution in [1.29, 1.82) is 0 Å². The van der Waals surface area contributed by atoms with Crippen LogP contribution in [0, 0.1) is 11.1 Å². The van der Waals surface area contributed by atoms with E-state index in [0.29, 0.717) is 13.1 Å². The zero-order valence-electron chi connectivity index (χ0n) is 12.4. The Bertz CT molecular complexity index is 374. The Morgan fingerprint density at radius 3 is 2.65 bits per heavy atom. The molecular weight excluding hydrogens is 258 g/mol. The first-order valence-corrected chi connectivity index (χ1v) is 7.49. The van der Waals surface area contributed by atoms with Gasteiger partial charge in [-0.2, -0.15) is 0 Å². The number of piperidine rings is 2. The first-order chi connectivity index (χ1) is 9.43. The minimum Gasteiger partial charge on any atom is -0.633 e. The Kier molecular flexibility index (Phi) is 4.65. The number of nitrogens with zero attached hydrogens (tertiary/aromatic N) is 2. The summed E-state index contributed by atoms with van der Waals surface area (Å²) in [4.78, 5) is 25.9. The molecule has 20 heavy (non-hydrogen) atoms. The van der Waals surface area contributed by atoms with E-state index < -0.39 is 0 Å². The van der Waals surface area contributed by atoms with E-state index in [-0.39, 0.29) is 34.8 Å².